The molecular formula is C20H22N2O2S. The van der Waals surface area contributed by atoms with Crippen LogP contribution in [0, 0.1) is 25.2 Å². The zero-order valence-corrected chi connectivity index (χ0v) is 15.5. The van der Waals surface area contributed by atoms with Gasteiger partial charge in [0.05, 0.1) is 12.2 Å². The topological polar surface area (TPSA) is 62.1 Å². The van der Waals surface area contributed by atoms with Crippen LogP contribution < -0.4 is 5.32 Å². The van der Waals surface area contributed by atoms with E-state index in [0.717, 1.165) is 42.4 Å². The first-order chi connectivity index (χ1) is 12.1. The number of carbonyl (C=O) groups excluding carboxylic acids is 1. The van der Waals surface area contributed by atoms with Crippen LogP contribution in [-0.2, 0) is 29.0 Å². The summed E-state index contributed by atoms with van der Waals surface area (Å²) in [7, 11) is 0. The fourth-order valence-electron chi connectivity index (χ4n) is 3.20. The summed E-state index contributed by atoms with van der Waals surface area (Å²) < 4.78 is 5.56. The summed E-state index contributed by atoms with van der Waals surface area (Å²) in [5.41, 5.74) is 5.23. The van der Waals surface area contributed by atoms with E-state index in [9.17, 15) is 10.1 Å². The lowest BCUT2D eigenvalue weighted by Crippen LogP contribution is -2.18. The molecule has 2 aromatic rings. The summed E-state index contributed by atoms with van der Waals surface area (Å²) in [4.78, 5) is 13.4. The molecule has 1 aliphatic rings. The predicted octanol–water partition coefficient (Wildman–Crippen LogP) is 4.27. The molecule has 4 nitrogen and oxygen atoms in total. The Hall–Kier alpha value is -2.16. The van der Waals surface area contributed by atoms with Gasteiger partial charge in [0, 0.05) is 4.88 Å². The third-order valence-corrected chi connectivity index (χ3v) is 5.73. The highest BCUT2D eigenvalue weighted by molar-refractivity contribution is 7.16. The number of aryl methyl sites for hydroxylation is 3. The molecule has 0 saturated carbocycles. The number of nitrogens with one attached hydrogen (secondary N) is 1. The third kappa shape index (κ3) is 4.09. The van der Waals surface area contributed by atoms with Gasteiger partial charge in [-0.1, -0.05) is 23.8 Å². The Morgan fingerprint density at radius 2 is 2.12 bits per heavy atom. The Kier molecular flexibility index (Phi) is 5.52. The van der Waals surface area contributed by atoms with Gasteiger partial charge in [0.15, 0.2) is 0 Å². The van der Waals surface area contributed by atoms with Gasteiger partial charge >= 0.3 is 0 Å². The zero-order chi connectivity index (χ0) is 17.8. The minimum Gasteiger partial charge on any atom is -0.367 e. The maximum atomic E-state index is 12.2. The number of thiophene rings is 1. The number of carbonyl (C=O) groups is 1. The van der Waals surface area contributed by atoms with Crippen molar-refractivity contribution < 1.29 is 9.53 Å². The maximum absolute atomic E-state index is 12.2. The number of anilines is 1. The van der Waals surface area contributed by atoms with Crippen LogP contribution in [0.1, 0.15) is 45.5 Å². The van der Waals surface area contributed by atoms with Gasteiger partial charge in [0.2, 0.25) is 0 Å². The molecule has 1 N–H and O–H groups in total. The molecule has 0 radical (unpaired) electrons. The summed E-state index contributed by atoms with van der Waals surface area (Å²) in [6.45, 7) is 4.49. The van der Waals surface area contributed by atoms with E-state index < -0.39 is 0 Å². The van der Waals surface area contributed by atoms with E-state index in [4.69, 9.17) is 4.74 Å². The van der Waals surface area contributed by atoms with Crippen LogP contribution >= 0.6 is 11.3 Å². The molecule has 0 atom stereocenters. The van der Waals surface area contributed by atoms with E-state index >= 15 is 0 Å². The molecule has 3 rings (SSSR count). The normalized spacial score (nSPS) is 13.2. The molecule has 25 heavy (non-hydrogen) atoms. The van der Waals surface area contributed by atoms with Crippen molar-refractivity contribution >= 4 is 22.2 Å². The Morgan fingerprint density at radius 1 is 1.32 bits per heavy atom. The van der Waals surface area contributed by atoms with E-state index in [1.165, 1.54) is 21.8 Å². The molecule has 130 valence electrons. The minimum atomic E-state index is -0.208. The Balaban J connectivity index is 1.58. The minimum absolute atomic E-state index is 0.0131. The molecule has 0 spiro atoms. The number of fused-ring (bicyclic) bond motifs is 1. The van der Waals surface area contributed by atoms with Crippen molar-refractivity contribution in [3.8, 4) is 6.07 Å². The van der Waals surface area contributed by atoms with Crippen molar-refractivity contribution in [1.82, 2.24) is 0 Å². The Labute approximate surface area is 152 Å². The molecule has 1 heterocycles. The number of rotatable bonds is 5. The number of nitrogens with zero attached hydrogens (tertiary/aromatic N) is 1. The van der Waals surface area contributed by atoms with Gasteiger partial charge in [-0.3, -0.25) is 4.79 Å². The number of hydrogen-bond acceptors (Lipinski definition) is 4. The van der Waals surface area contributed by atoms with Crippen LogP contribution in [0.4, 0.5) is 5.00 Å². The summed E-state index contributed by atoms with van der Waals surface area (Å²) in [6, 6.07) is 8.44. The van der Waals surface area contributed by atoms with Crippen LogP contribution in [0.25, 0.3) is 0 Å². The second-order valence-electron chi connectivity index (χ2n) is 6.50. The highest BCUT2D eigenvalue weighted by Crippen LogP contribution is 2.37. The zero-order valence-electron chi connectivity index (χ0n) is 14.6. The first kappa shape index (κ1) is 17.7. The van der Waals surface area contributed by atoms with Crippen molar-refractivity contribution in [3.05, 3.63) is 50.9 Å². The van der Waals surface area contributed by atoms with E-state index in [0.29, 0.717) is 17.2 Å². The Morgan fingerprint density at radius 3 is 2.88 bits per heavy atom. The van der Waals surface area contributed by atoms with Crippen LogP contribution in [0.2, 0.25) is 0 Å². The van der Waals surface area contributed by atoms with Gasteiger partial charge < -0.3 is 10.1 Å². The molecule has 1 amide bonds. The largest absolute Gasteiger partial charge is 0.367 e. The summed E-state index contributed by atoms with van der Waals surface area (Å²) in [5.74, 6) is -0.208. The van der Waals surface area contributed by atoms with Crippen molar-refractivity contribution in [1.29, 1.82) is 5.26 Å². The van der Waals surface area contributed by atoms with Gasteiger partial charge in [-0.2, -0.15) is 5.26 Å². The van der Waals surface area contributed by atoms with E-state index in [-0.39, 0.29) is 12.5 Å². The van der Waals surface area contributed by atoms with E-state index in [1.54, 1.807) is 0 Å². The van der Waals surface area contributed by atoms with Gasteiger partial charge in [-0.15, -0.1) is 11.3 Å². The van der Waals surface area contributed by atoms with Crippen LogP contribution in [0.3, 0.4) is 0 Å². The maximum Gasteiger partial charge on any atom is 0.251 e. The third-order valence-electron chi connectivity index (χ3n) is 4.52. The Bertz CT molecular complexity index is 833. The number of ether oxygens (including phenoxy) is 1. The summed E-state index contributed by atoms with van der Waals surface area (Å²) in [5, 5.41) is 13.0. The second kappa shape index (κ2) is 7.81. The van der Waals surface area contributed by atoms with E-state index in [2.05, 4.69) is 24.4 Å². The number of hydrogen-bond donors (Lipinski definition) is 1. The fraction of sp³-hybridized carbons (Fsp3) is 0.400. The molecular weight excluding hydrogens is 332 g/mol. The molecule has 0 saturated heterocycles. The predicted molar refractivity (Wildman–Crippen MR) is 99.9 cm³/mol. The highest BCUT2D eigenvalue weighted by Gasteiger charge is 2.21. The van der Waals surface area contributed by atoms with Gasteiger partial charge in [0.25, 0.3) is 5.91 Å². The highest BCUT2D eigenvalue weighted by atomic mass is 32.1. The number of nitriles is 1. The number of amides is 1. The van der Waals surface area contributed by atoms with Crippen LogP contribution in [0.15, 0.2) is 18.2 Å². The van der Waals surface area contributed by atoms with Gasteiger partial charge in [-0.25, -0.2) is 0 Å². The molecule has 0 aliphatic heterocycles. The molecule has 5 heteroatoms. The molecule has 1 aromatic heterocycles. The van der Waals surface area contributed by atoms with Crippen molar-refractivity contribution in [2.45, 2.75) is 46.1 Å². The lowest BCUT2D eigenvalue weighted by atomic mass is 9.96. The molecule has 1 aromatic carbocycles. The second-order valence-corrected chi connectivity index (χ2v) is 7.60. The van der Waals surface area contributed by atoms with Crippen molar-refractivity contribution in [2.24, 2.45) is 0 Å². The average molecular weight is 354 g/mol. The SMILES string of the molecule is Cc1ccc(COCC(=O)Nc2sc3c(c2C#N)CCCC3)c(C)c1. The van der Waals surface area contributed by atoms with Crippen LogP contribution in [-0.4, -0.2) is 12.5 Å². The monoisotopic (exact) mass is 354 g/mol. The van der Waals surface area contributed by atoms with Crippen LogP contribution in [0.5, 0.6) is 0 Å². The fourth-order valence-corrected chi connectivity index (χ4v) is 4.45. The van der Waals surface area contributed by atoms with E-state index in [1.807, 2.05) is 19.1 Å². The standard InChI is InChI=1S/C20H22N2O2S/c1-13-7-8-15(14(2)9-13)11-24-12-19(23)22-20-17(10-21)16-5-3-4-6-18(16)25-20/h7-9H,3-6,11-12H2,1-2H3,(H,22,23). The average Bonchev–Trinajstić information content (AvgIpc) is 2.93. The summed E-state index contributed by atoms with van der Waals surface area (Å²) in [6.07, 6.45) is 4.22. The van der Waals surface area contributed by atoms with Gasteiger partial charge in [0.1, 0.15) is 17.7 Å². The van der Waals surface area contributed by atoms with Gasteiger partial charge in [-0.05, 0) is 56.2 Å². The lowest BCUT2D eigenvalue weighted by Gasteiger charge is -2.09. The summed E-state index contributed by atoms with van der Waals surface area (Å²) >= 11 is 1.54. The lowest BCUT2D eigenvalue weighted by molar-refractivity contribution is -0.121. The number of benzene rings is 1. The smallest absolute Gasteiger partial charge is 0.251 e. The molecule has 0 unspecified atom stereocenters. The van der Waals surface area contributed by atoms with Crippen molar-refractivity contribution in [3.63, 3.8) is 0 Å². The molecule has 0 fully saturated rings. The molecule has 0 bridgehead atoms. The quantitative estimate of drug-likeness (QED) is 0.872. The first-order valence-electron chi connectivity index (χ1n) is 8.57. The molecule has 1 aliphatic carbocycles. The first-order valence-corrected chi connectivity index (χ1v) is 9.38. The van der Waals surface area contributed by atoms with Crippen molar-refractivity contribution in [2.75, 3.05) is 11.9 Å².